The predicted octanol–water partition coefficient (Wildman–Crippen LogP) is 6.24. The van der Waals surface area contributed by atoms with Crippen molar-refractivity contribution in [2.45, 2.75) is 25.4 Å². The number of hydrogen-bond donors (Lipinski definition) is 0. The normalized spacial score (nSPS) is 13.0. The van der Waals surface area contributed by atoms with Crippen molar-refractivity contribution in [3.8, 4) is 23.0 Å². The van der Waals surface area contributed by atoms with Crippen LogP contribution in [0.15, 0.2) is 72.8 Å². The summed E-state index contributed by atoms with van der Waals surface area (Å²) >= 11 is 0. The number of rotatable bonds is 10. The van der Waals surface area contributed by atoms with E-state index in [-0.39, 0.29) is 13.2 Å². The van der Waals surface area contributed by atoms with Crippen molar-refractivity contribution in [3.05, 3.63) is 83.9 Å². The third-order valence-corrected chi connectivity index (χ3v) is 5.10. The summed E-state index contributed by atoms with van der Waals surface area (Å²) in [5, 5.41) is 0. The highest BCUT2D eigenvalue weighted by atomic mass is 19.3. The van der Waals surface area contributed by atoms with Gasteiger partial charge in [-0.1, -0.05) is 36.4 Å². The maximum Gasteiger partial charge on any atom is 0.250 e. The zero-order valence-corrected chi connectivity index (χ0v) is 17.8. The van der Waals surface area contributed by atoms with E-state index in [0.717, 1.165) is 11.3 Å². The molecular formula is C25H26F2O4. The molecule has 1 unspecified atom stereocenters. The molecule has 0 spiro atoms. The highest BCUT2D eigenvalue weighted by Crippen LogP contribution is 2.37. The van der Waals surface area contributed by atoms with Gasteiger partial charge in [-0.25, -0.2) is 8.78 Å². The van der Waals surface area contributed by atoms with Gasteiger partial charge in [0.15, 0.2) is 11.5 Å². The molecule has 0 bridgehead atoms. The molecule has 0 aromatic heterocycles. The van der Waals surface area contributed by atoms with Crippen LogP contribution >= 0.6 is 0 Å². The molecule has 0 aliphatic rings. The van der Waals surface area contributed by atoms with Crippen LogP contribution in [0.3, 0.4) is 0 Å². The number of hydrogen-bond acceptors (Lipinski definition) is 4. The molecule has 0 amide bonds. The molecule has 0 fully saturated rings. The summed E-state index contributed by atoms with van der Waals surface area (Å²) in [4.78, 5) is 0. The Labute approximate surface area is 181 Å². The zero-order valence-electron chi connectivity index (χ0n) is 17.8. The van der Waals surface area contributed by atoms with Crippen LogP contribution in [0.4, 0.5) is 8.78 Å². The van der Waals surface area contributed by atoms with Gasteiger partial charge in [-0.05, 0) is 54.4 Å². The molecule has 0 saturated heterocycles. The summed E-state index contributed by atoms with van der Waals surface area (Å²) in [7, 11) is 2.98. The van der Waals surface area contributed by atoms with Gasteiger partial charge >= 0.3 is 0 Å². The molecule has 164 valence electrons. The maximum absolute atomic E-state index is 14.0. The molecule has 3 aromatic rings. The number of benzene rings is 3. The zero-order chi connectivity index (χ0) is 22.3. The second-order valence-electron chi connectivity index (χ2n) is 7.34. The van der Waals surface area contributed by atoms with Gasteiger partial charge in [-0.3, -0.25) is 0 Å². The van der Waals surface area contributed by atoms with Gasteiger partial charge < -0.3 is 18.9 Å². The summed E-state index contributed by atoms with van der Waals surface area (Å²) in [6.45, 7) is 1.54. The second kappa shape index (κ2) is 10.3. The Balaban J connectivity index is 1.64. The summed E-state index contributed by atoms with van der Waals surface area (Å²) < 4.78 is 49.9. The maximum atomic E-state index is 14.0. The van der Waals surface area contributed by atoms with E-state index in [9.17, 15) is 8.78 Å². The summed E-state index contributed by atoms with van der Waals surface area (Å²) in [6.07, 6.45) is -2.62. The minimum Gasteiger partial charge on any atom is -0.493 e. The first-order valence-electron chi connectivity index (χ1n) is 9.86. The smallest absolute Gasteiger partial charge is 0.250 e. The van der Waals surface area contributed by atoms with E-state index in [2.05, 4.69) is 0 Å². The fourth-order valence-electron chi connectivity index (χ4n) is 3.12. The molecular weight excluding hydrogens is 402 g/mol. The SMILES string of the molecule is COc1ccc(C(C)(COCc2ccc(Oc3ccccc3)cc2)C(F)F)cc1OC. The number of halogens is 2. The monoisotopic (exact) mass is 428 g/mol. The summed E-state index contributed by atoms with van der Waals surface area (Å²) in [5.74, 6) is 2.33. The molecule has 31 heavy (non-hydrogen) atoms. The molecule has 3 aromatic carbocycles. The second-order valence-corrected chi connectivity index (χ2v) is 7.34. The van der Waals surface area contributed by atoms with E-state index in [1.54, 1.807) is 18.2 Å². The van der Waals surface area contributed by atoms with Gasteiger partial charge in [-0.2, -0.15) is 0 Å². The van der Waals surface area contributed by atoms with Crippen LogP contribution in [0.5, 0.6) is 23.0 Å². The van der Waals surface area contributed by atoms with Crippen LogP contribution in [-0.2, 0) is 16.8 Å². The number of ether oxygens (including phenoxy) is 4. The average Bonchev–Trinajstić information content (AvgIpc) is 2.80. The molecule has 0 heterocycles. The lowest BCUT2D eigenvalue weighted by molar-refractivity contribution is -0.0128. The van der Waals surface area contributed by atoms with Crippen molar-refractivity contribution >= 4 is 0 Å². The van der Waals surface area contributed by atoms with Gasteiger partial charge in [-0.15, -0.1) is 0 Å². The number of methoxy groups -OCH3 is 2. The van der Waals surface area contributed by atoms with Crippen LogP contribution in [0.25, 0.3) is 0 Å². The molecule has 0 aliphatic carbocycles. The van der Waals surface area contributed by atoms with Crippen molar-refractivity contribution in [1.82, 2.24) is 0 Å². The lowest BCUT2D eigenvalue weighted by atomic mass is 9.83. The molecule has 6 heteroatoms. The highest BCUT2D eigenvalue weighted by Gasteiger charge is 2.38. The van der Waals surface area contributed by atoms with E-state index in [1.807, 2.05) is 54.6 Å². The van der Waals surface area contributed by atoms with Crippen molar-refractivity contribution in [2.24, 2.45) is 0 Å². The number of alkyl halides is 2. The topological polar surface area (TPSA) is 36.9 Å². The third kappa shape index (κ3) is 5.52. The summed E-state index contributed by atoms with van der Waals surface area (Å²) in [5.41, 5.74) is -0.202. The van der Waals surface area contributed by atoms with Crippen molar-refractivity contribution in [1.29, 1.82) is 0 Å². The van der Waals surface area contributed by atoms with E-state index >= 15 is 0 Å². The average molecular weight is 428 g/mol. The van der Waals surface area contributed by atoms with Gasteiger partial charge in [0.05, 0.1) is 32.8 Å². The van der Waals surface area contributed by atoms with E-state index in [1.165, 1.54) is 21.1 Å². The fraction of sp³-hybridized carbons (Fsp3) is 0.280. The molecule has 0 radical (unpaired) electrons. The molecule has 3 rings (SSSR count). The first kappa shape index (κ1) is 22.6. The quantitative estimate of drug-likeness (QED) is 0.383. The molecule has 0 N–H and O–H groups in total. The van der Waals surface area contributed by atoms with Gasteiger partial charge in [0.25, 0.3) is 0 Å². The molecule has 1 atom stereocenters. The molecule has 4 nitrogen and oxygen atoms in total. The Kier molecular flexibility index (Phi) is 7.47. The van der Waals surface area contributed by atoms with Gasteiger partial charge in [0, 0.05) is 0 Å². The largest absolute Gasteiger partial charge is 0.493 e. The summed E-state index contributed by atoms with van der Waals surface area (Å²) in [6, 6.07) is 21.6. The van der Waals surface area contributed by atoms with Crippen LogP contribution in [-0.4, -0.2) is 27.3 Å². The molecule has 0 saturated carbocycles. The lowest BCUT2D eigenvalue weighted by Gasteiger charge is -2.29. The van der Waals surface area contributed by atoms with Crippen LogP contribution in [0, 0.1) is 0 Å². The predicted molar refractivity (Wildman–Crippen MR) is 116 cm³/mol. The van der Waals surface area contributed by atoms with Gasteiger partial charge in [0.2, 0.25) is 6.43 Å². The van der Waals surface area contributed by atoms with E-state index < -0.39 is 11.8 Å². The standard InChI is InChI=1S/C25H26F2O4/c1-25(24(26)27,19-11-14-22(28-2)23(15-19)29-3)17-30-16-18-9-12-21(13-10-18)31-20-7-5-4-6-8-20/h4-15,24H,16-17H2,1-3H3. The first-order valence-corrected chi connectivity index (χ1v) is 9.86. The van der Waals surface area contributed by atoms with Crippen LogP contribution < -0.4 is 14.2 Å². The van der Waals surface area contributed by atoms with Crippen molar-refractivity contribution < 1.29 is 27.7 Å². The minimum atomic E-state index is -2.62. The Morgan fingerprint density at radius 3 is 2.06 bits per heavy atom. The first-order chi connectivity index (χ1) is 15.0. The van der Waals surface area contributed by atoms with Crippen LogP contribution in [0.2, 0.25) is 0 Å². The number of para-hydroxylation sites is 1. The van der Waals surface area contributed by atoms with Crippen LogP contribution in [0.1, 0.15) is 18.1 Å². The van der Waals surface area contributed by atoms with E-state index in [4.69, 9.17) is 18.9 Å². The Hall–Kier alpha value is -3.12. The van der Waals surface area contributed by atoms with E-state index in [0.29, 0.717) is 22.8 Å². The fourth-order valence-corrected chi connectivity index (χ4v) is 3.12. The van der Waals surface area contributed by atoms with Gasteiger partial charge in [0.1, 0.15) is 11.5 Å². The third-order valence-electron chi connectivity index (χ3n) is 5.10. The Morgan fingerprint density at radius 1 is 0.806 bits per heavy atom. The highest BCUT2D eigenvalue weighted by molar-refractivity contribution is 5.45. The van der Waals surface area contributed by atoms with Crippen molar-refractivity contribution in [2.75, 3.05) is 20.8 Å². The minimum absolute atomic E-state index is 0.150. The Bertz CT molecular complexity index is 961. The van der Waals surface area contributed by atoms with Crippen molar-refractivity contribution in [3.63, 3.8) is 0 Å². The lowest BCUT2D eigenvalue weighted by Crippen LogP contribution is -2.36. The Morgan fingerprint density at radius 2 is 1.45 bits per heavy atom. The molecule has 0 aliphatic heterocycles.